The van der Waals surface area contributed by atoms with Gasteiger partial charge in [0.15, 0.2) is 11.6 Å². The van der Waals surface area contributed by atoms with Crippen LogP contribution in [0.15, 0.2) is 37.2 Å². The number of nitrogens with zero attached hydrogens (tertiary/aromatic N) is 9. The molecular weight excluding hydrogens is 448 g/mol. The quantitative estimate of drug-likeness (QED) is 0.338. The number of H-pyrrole nitrogens is 1. The van der Waals surface area contributed by atoms with Gasteiger partial charge in [0.1, 0.15) is 11.6 Å². The van der Waals surface area contributed by atoms with Gasteiger partial charge >= 0.3 is 0 Å². The SMILES string of the molecule is CC(=O)c1n[nH]c(C)n1.CC(=O)c1nc(C)n(Cc2cnccn2)n1.ClCc1cnccn1. The van der Waals surface area contributed by atoms with Crippen molar-refractivity contribution in [1.29, 1.82) is 0 Å². The fraction of sp³-hybridized carbons (Fsp3) is 0.300. The van der Waals surface area contributed by atoms with Crippen molar-refractivity contribution in [1.82, 2.24) is 49.9 Å². The van der Waals surface area contributed by atoms with E-state index in [1.54, 1.807) is 55.7 Å². The second kappa shape index (κ2) is 12.8. The Morgan fingerprint density at radius 1 is 0.909 bits per heavy atom. The van der Waals surface area contributed by atoms with Crippen molar-refractivity contribution >= 4 is 23.2 Å². The lowest BCUT2D eigenvalue weighted by Gasteiger charge is -2.00. The standard InChI is InChI=1S/C10H11N5O.C5H5ClN2.C5H7N3O/c1-7(16)10-13-8(2)15(14-10)6-9-5-11-3-4-12-9;6-3-5-4-7-1-2-8-5;1-3(9)5-6-4(2)7-8-5/h3-5H,6H2,1-2H3;1-2,4H,3H2;1-2H3,(H,6,7,8). The van der Waals surface area contributed by atoms with E-state index < -0.39 is 0 Å². The lowest BCUT2D eigenvalue weighted by Crippen LogP contribution is -2.06. The molecule has 0 bridgehead atoms. The molecule has 13 heteroatoms. The molecule has 0 amide bonds. The van der Waals surface area contributed by atoms with Crippen molar-refractivity contribution in [2.75, 3.05) is 0 Å². The molecule has 4 aromatic heterocycles. The van der Waals surface area contributed by atoms with Crippen LogP contribution in [0.3, 0.4) is 0 Å². The molecule has 4 aromatic rings. The number of carbonyl (C=O) groups is 2. The van der Waals surface area contributed by atoms with Crippen molar-refractivity contribution < 1.29 is 9.59 Å². The first-order valence-electron chi connectivity index (χ1n) is 9.68. The van der Waals surface area contributed by atoms with Crippen LogP contribution < -0.4 is 0 Å². The van der Waals surface area contributed by atoms with Gasteiger partial charge in [-0.1, -0.05) is 0 Å². The summed E-state index contributed by atoms with van der Waals surface area (Å²) in [6.07, 6.45) is 9.78. The Kier molecular flexibility index (Phi) is 9.83. The molecule has 0 unspecified atom stereocenters. The molecule has 0 spiro atoms. The van der Waals surface area contributed by atoms with Crippen LogP contribution in [-0.2, 0) is 12.4 Å². The highest BCUT2D eigenvalue weighted by atomic mass is 35.5. The third-order valence-corrected chi connectivity index (χ3v) is 4.04. The zero-order chi connectivity index (χ0) is 24.2. The second-order valence-corrected chi connectivity index (χ2v) is 6.79. The number of carbonyl (C=O) groups excluding carboxylic acids is 2. The summed E-state index contributed by atoms with van der Waals surface area (Å²) in [4.78, 5) is 45.3. The Labute approximate surface area is 194 Å². The summed E-state index contributed by atoms with van der Waals surface area (Å²) in [6.45, 7) is 6.90. The third-order valence-electron chi connectivity index (χ3n) is 3.77. The Morgan fingerprint density at radius 2 is 1.52 bits per heavy atom. The highest BCUT2D eigenvalue weighted by molar-refractivity contribution is 6.16. The summed E-state index contributed by atoms with van der Waals surface area (Å²) in [5.74, 6) is 2.04. The lowest BCUT2D eigenvalue weighted by atomic mass is 10.4. The van der Waals surface area contributed by atoms with Gasteiger partial charge in [0.25, 0.3) is 0 Å². The molecule has 0 saturated carbocycles. The maximum atomic E-state index is 11.1. The minimum atomic E-state index is -0.138. The van der Waals surface area contributed by atoms with Crippen molar-refractivity contribution in [2.45, 2.75) is 40.1 Å². The number of hydrogen-bond acceptors (Lipinski definition) is 10. The van der Waals surface area contributed by atoms with Crippen molar-refractivity contribution in [3.63, 3.8) is 0 Å². The van der Waals surface area contributed by atoms with Gasteiger partial charge in [-0.15, -0.1) is 16.7 Å². The third kappa shape index (κ3) is 8.61. The first-order chi connectivity index (χ1) is 15.8. The van der Waals surface area contributed by atoms with Crippen LogP contribution >= 0.6 is 11.6 Å². The number of halogens is 1. The molecule has 4 rings (SSSR count). The average molecular weight is 471 g/mol. The van der Waals surface area contributed by atoms with Crippen LogP contribution in [0.2, 0.25) is 0 Å². The summed E-state index contributed by atoms with van der Waals surface area (Å²) >= 11 is 5.42. The highest BCUT2D eigenvalue weighted by Crippen LogP contribution is 2.01. The maximum Gasteiger partial charge on any atom is 0.217 e. The normalized spacial score (nSPS) is 9.85. The van der Waals surface area contributed by atoms with Crippen molar-refractivity contribution in [3.8, 4) is 0 Å². The minimum absolute atomic E-state index is 0.112. The van der Waals surface area contributed by atoms with Crippen LogP contribution in [0, 0.1) is 13.8 Å². The summed E-state index contributed by atoms with van der Waals surface area (Å²) in [6, 6.07) is 0. The van der Waals surface area contributed by atoms with E-state index in [4.69, 9.17) is 11.6 Å². The van der Waals surface area contributed by atoms with Gasteiger partial charge in [-0.05, 0) is 13.8 Å². The molecule has 4 heterocycles. The summed E-state index contributed by atoms with van der Waals surface area (Å²) in [7, 11) is 0. The number of aromatic amines is 1. The first kappa shape index (κ1) is 25.3. The van der Waals surface area contributed by atoms with E-state index in [2.05, 4.69) is 45.2 Å². The largest absolute Gasteiger partial charge is 0.291 e. The number of nitrogens with one attached hydrogen (secondary N) is 1. The number of aryl methyl sites for hydroxylation is 2. The molecule has 0 aliphatic carbocycles. The van der Waals surface area contributed by atoms with E-state index in [0.29, 0.717) is 24.1 Å². The number of alkyl halides is 1. The number of ketones is 2. The van der Waals surface area contributed by atoms with Gasteiger partial charge in [-0.25, -0.2) is 14.6 Å². The summed E-state index contributed by atoms with van der Waals surface area (Å²) in [5, 5.41) is 10.3. The minimum Gasteiger partial charge on any atom is -0.291 e. The Balaban J connectivity index is 0.000000192. The molecule has 172 valence electrons. The number of Topliss-reactive ketones (excluding diaryl/α,β-unsaturated/α-hetero) is 2. The topological polar surface area (TPSA) is 158 Å². The monoisotopic (exact) mass is 470 g/mol. The van der Waals surface area contributed by atoms with Gasteiger partial charge < -0.3 is 0 Å². The molecule has 1 N–H and O–H groups in total. The summed E-state index contributed by atoms with van der Waals surface area (Å²) < 4.78 is 1.64. The predicted molar refractivity (Wildman–Crippen MR) is 119 cm³/mol. The molecule has 33 heavy (non-hydrogen) atoms. The van der Waals surface area contributed by atoms with E-state index in [1.165, 1.54) is 13.8 Å². The maximum absolute atomic E-state index is 11.1. The van der Waals surface area contributed by atoms with Crippen LogP contribution in [-0.4, -0.2) is 61.4 Å². The molecular formula is C20H23ClN10O2. The highest BCUT2D eigenvalue weighted by Gasteiger charge is 2.10. The fourth-order valence-corrected chi connectivity index (χ4v) is 2.32. The van der Waals surface area contributed by atoms with E-state index in [0.717, 1.165) is 11.4 Å². The molecule has 0 fully saturated rings. The van der Waals surface area contributed by atoms with Gasteiger partial charge in [-0.3, -0.25) is 34.6 Å². The molecule has 0 saturated heterocycles. The molecule has 0 atom stereocenters. The van der Waals surface area contributed by atoms with Crippen LogP contribution in [0.1, 0.15) is 58.1 Å². The Bertz CT molecular complexity index is 1160. The van der Waals surface area contributed by atoms with E-state index in [9.17, 15) is 9.59 Å². The molecule has 0 aromatic carbocycles. The van der Waals surface area contributed by atoms with Crippen LogP contribution in [0.5, 0.6) is 0 Å². The van der Waals surface area contributed by atoms with Crippen LogP contribution in [0.4, 0.5) is 0 Å². The lowest BCUT2D eigenvalue weighted by molar-refractivity contribution is 0.0995. The second-order valence-electron chi connectivity index (χ2n) is 6.52. The van der Waals surface area contributed by atoms with E-state index >= 15 is 0 Å². The molecule has 0 aliphatic heterocycles. The van der Waals surface area contributed by atoms with Crippen molar-refractivity contribution in [3.05, 3.63) is 71.9 Å². The van der Waals surface area contributed by atoms with Gasteiger partial charge in [-0.2, -0.15) is 5.10 Å². The number of rotatable bonds is 5. The fourth-order valence-electron chi connectivity index (χ4n) is 2.18. The van der Waals surface area contributed by atoms with Crippen molar-refractivity contribution in [2.24, 2.45) is 0 Å². The first-order valence-corrected chi connectivity index (χ1v) is 10.2. The predicted octanol–water partition coefficient (Wildman–Crippen LogP) is 2.16. The van der Waals surface area contributed by atoms with Gasteiger partial charge in [0.05, 0.1) is 30.0 Å². The smallest absolute Gasteiger partial charge is 0.217 e. The Hall–Kier alpha value is -3.93. The zero-order valence-corrected chi connectivity index (χ0v) is 19.4. The summed E-state index contributed by atoms with van der Waals surface area (Å²) in [5.41, 5.74) is 1.60. The van der Waals surface area contributed by atoms with E-state index in [-0.39, 0.29) is 23.2 Å². The zero-order valence-electron chi connectivity index (χ0n) is 18.6. The van der Waals surface area contributed by atoms with E-state index in [1.807, 2.05) is 0 Å². The van der Waals surface area contributed by atoms with Crippen LogP contribution in [0.25, 0.3) is 0 Å². The molecule has 12 nitrogen and oxygen atoms in total. The Morgan fingerprint density at radius 3 is 1.88 bits per heavy atom. The van der Waals surface area contributed by atoms with Gasteiger partial charge in [0, 0.05) is 44.8 Å². The number of aromatic nitrogens is 10. The molecule has 0 aliphatic rings. The molecule has 0 radical (unpaired) electrons. The average Bonchev–Trinajstić information content (AvgIpc) is 3.42. The van der Waals surface area contributed by atoms with Gasteiger partial charge in [0.2, 0.25) is 11.6 Å². The number of hydrogen-bond donors (Lipinski definition) is 1.